The molecule has 2 heteroatoms. The molecule has 1 atom stereocenters. The van der Waals surface area contributed by atoms with Crippen LogP contribution < -0.4 is 4.74 Å². The zero-order chi connectivity index (χ0) is 11.5. The normalized spacial score (nSPS) is 17.9. The lowest BCUT2D eigenvalue weighted by Gasteiger charge is -2.31. The molecule has 0 radical (unpaired) electrons. The average Bonchev–Trinajstić information content (AvgIpc) is 2.18. The lowest BCUT2D eigenvalue weighted by Crippen LogP contribution is -2.17. The van der Waals surface area contributed by atoms with Crippen molar-refractivity contribution in [3.8, 4) is 5.75 Å². The van der Waals surface area contributed by atoms with Gasteiger partial charge >= 0.3 is 0 Å². The molecule has 0 aliphatic heterocycles. The van der Waals surface area contributed by atoms with Crippen LogP contribution in [0.25, 0.3) is 0 Å². The Hall–Kier alpha value is -0.500. The third-order valence-electron chi connectivity index (χ3n) is 3.33. The Balaban J connectivity index is 2.24. The Bertz CT molecular complexity index is 358. The quantitative estimate of drug-likeness (QED) is 0.732. The Labute approximate surface area is 106 Å². The predicted molar refractivity (Wildman–Crippen MR) is 71.4 cm³/mol. The number of halogens is 1. The molecule has 1 fully saturated rings. The van der Waals surface area contributed by atoms with Gasteiger partial charge in [0, 0.05) is 10.4 Å². The van der Waals surface area contributed by atoms with Crippen molar-refractivity contribution in [3.63, 3.8) is 0 Å². The van der Waals surface area contributed by atoms with Gasteiger partial charge in [-0.2, -0.15) is 0 Å². The number of alkyl halides is 1. The number of aryl methyl sites for hydroxylation is 1. The number of hydrogen-bond donors (Lipinski definition) is 0. The summed E-state index contributed by atoms with van der Waals surface area (Å²) in [4.78, 5) is 0.461. The van der Waals surface area contributed by atoms with Crippen LogP contribution >= 0.6 is 15.9 Å². The molecule has 0 aromatic heterocycles. The first kappa shape index (κ1) is 12.0. The maximum absolute atomic E-state index is 5.70. The van der Waals surface area contributed by atoms with E-state index < -0.39 is 0 Å². The highest BCUT2D eigenvalue weighted by molar-refractivity contribution is 9.09. The summed E-state index contributed by atoms with van der Waals surface area (Å²) in [5.41, 5.74) is 2.63. The smallest absolute Gasteiger partial charge is 0.123 e. The first-order valence-corrected chi connectivity index (χ1v) is 7.01. The van der Waals surface area contributed by atoms with Crippen LogP contribution in [0.3, 0.4) is 0 Å². The van der Waals surface area contributed by atoms with Gasteiger partial charge in [0.2, 0.25) is 0 Å². The zero-order valence-electron chi connectivity index (χ0n) is 10.0. The highest BCUT2D eigenvalue weighted by Crippen LogP contribution is 2.45. The summed E-state index contributed by atoms with van der Waals surface area (Å²) >= 11 is 3.84. The summed E-state index contributed by atoms with van der Waals surface area (Å²) in [5.74, 6) is 1.84. The summed E-state index contributed by atoms with van der Waals surface area (Å²) < 4.78 is 5.70. The molecule has 1 aromatic carbocycles. The standard InChI is InChI=1S/C14H19BrO/c1-3-16-13-8-7-10(2)9-12(13)14(15)11-5-4-6-11/h7-9,11,14H,3-6H2,1-2H3. The van der Waals surface area contributed by atoms with Crippen LogP contribution in [0.4, 0.5) is 0 Å². The molecule has 0 N–H and O–H groups in total. The molecule has 16 heavy (non-hydrogen) atoms. The monoisotopic (exact) mass is 282 g/mol. The van der Waals surface area contributed by atoms with E-state index >= 15 is 0 Å². The van der Waals surface area contributed by atoms with Gasteiger partial charge in [0.05, 0.1) is 6.61 Å². The van der Waals surface area contributed by atoms with Crippen molar-refractivity contribution in [2.45, 2.75) is 37.9 Å². The van der Waals surface area contributed by atoms with Gasteiger partial charge in [-0.05, 0) is 38.7 Å². The second kappa shape index (κ2) is 5.22. The number of ether oxygens (including phenoxy) is 1. The minimum absolute atomic E-state index is 0.461. The maximum Gasteiger partial charge on any atom is 0.123 e. The van der Waals surface area contributed by atoms with E-state index in [1.165, 1.54) is 30.4 Å². The van der Waals surface area contributed by atoms with Gasteiger partial charge < -0.3 is 4.74 Å². The molecule has 0 saturated heterocycles. The van der Waals surface area contributed by atoms with E-state index in [1.54, 1.807) is 0 Å². The van der Waals surface area contributed by atoms with Crippen LogP contribution in [-0.4, -0.2) is 6.61 Å². The maximum atomic E-state index is 5.70. The van der Waals surface area contributed by atoms with Crippen LogP contribution in [0.1, 0.15) is 42.1 Å². The average molecular weight is 283 g/mol. The molecule has 0 amide bonds. The minimum atomic E-state index is 0.461. The second-order valence-corrected chi connectivity index (χ2v) is 5.55. The molecule has 1 aromatic rings. The van der Waals surface area contributed by atoms with Gasteiger partial charge in [-0.25, -0.2) is 0 Å². The molecule has 0 spiro atoms. The van der Waals surface area contributed by atoms with Crippen molar-refractivity contribution in [2.24, 2.45) is 5.92 Å². The molecule has 0 bridgehead atoms. The van der Waals surface area contributed by atoms with Crippen LogP contribution in [-0.2, 0) is 0 Å². The topological polar surface area (TPSA) is 9.23 Å². The molecule has 1 aliphatic carbocycles. The third kappa shape index (κ3) is 2.42. The Morgan fingerprint density at radius 1 is 1.44 bits per heavy atom. The highest BCUT2D eigenvalue weighted by Gasteiger charge is 2.28. The molecular weight excluding hydrogens is 264 g/mol. The van der Waals surface area contributed by atoms with Gasteiger partial charge in [0.1, 0.15) is 5.75 Å². The molecule has 1 nitrogen and oxygen atoms in total. The van der Waals surface area contributed by atoms with E-state index in [2.05, 4.69) is 41.1 Å². The van der Waals surface area contributed by atoms with Gasteiger partial charge in [-0.3, -0.25) is 0 Å². The summed E-state index contributed by atoms with van der Waals surface area (Å²) in [6, 6.07) is 6.47. The van der Waals surface area contributed by atoms with E-state index in [0.29, 0.717) is 4.83 Å². The van der Waals surface area contributed by atoms with Gasteiger partial charge in [-0.1, -0.05) is 40.0 Å². The van der Waals surface area contributed by atoms with E-state index in [9.17, 15) is 0 Å². The lowest BCUT2D eigenvalue weighted by molar-refractivity contribution is 0.298. The zero-order valence-corrected chi connectivity index (χ0v) is 11.6. The molecule has 88 valence electrons. The molecule has 1 saturated carbocycles. The Morgan fingerprint density at radius 2 is 2.19 bits per heavy atom. The van der Waals surface area contributed by atoms with Crippen LogP contribution in [0.15, 0.2) is 18.2 Å². The molecule has 2 rings (SSSR count). The fraction of sp³-hybridized carbons (Fsp3) is 0.571. The summed E-state index contributed by atoms with van der Waals surface area (Å²) in [7, 11) is 0. The van der Waals surface area contributed by atoms with Crippen LogP contribution in [0, 0.1) is 12.8 Å². The van der Waals surface area contributed by atoms with Gasteiger partial charge in [-0.15, -0.1) is 0 Å². The van der Waals surface area contributed by atoms with Crippen molar-refractivity contribution < 1.29 is 4.74 Å². The van der Waals surface area contributed by atoms with Crippen LogP contribution in [0.5, 0.6) is 5.75 Å². The van der Waals surface area contributed by atoms with Crippen molar-refractivity contribution >= 4 is 15.9 Å². The third-order valence-corrected chi connectivity index (χ3v) is 4.57. The summed E-state index contributed by atoms with van der Waals surface area (Å²) in [6.45, 7) is 4.91. The highest BCUT2D eigenvalue weighted by atomic mass is 79.9. The predicted octanol–water partition coefficient (Wildman–Crippen LogP) is 4.63. The lowest BCUT2D eigenvalue weighted by atomic mass is 9.80. The number of hydrogen-bond acceptors (Lipinski definition) is 1. The number of rotatable bonds is 4. The Kier molecular flexibility index (Phi) is 3.91. The SMILES string of the molecule is CCOc1ccc(C)cc1C(Br)C1CCC1. The Morgan fingerprint density at radius 3 is 2.75 bits per heavy atom. The van der Waals surface area contributed by atoms with Crippen molar-refractivity contribution in [1.82, 2.24) is 0 Å². The second-order valence-electron chi connectivity index (χ2n) is 4.57. The fourth-order valence-electron chi connectivity index (χ4n) is 2.16. The molecule has 1 unspecified atom stereocenters. The summed E-state index contributed by atoms with van der Waals surface area (Å²) in [6.07, 6.45) is 4.06. The molecule has 0 heterocycles. The van der Waals surface area contributed by atoms with Crippen LogP contribution in [0.2, 0.25) is 0 Å². The molecule has 1 aliphatic rings. The minimum Gasteiger partial charge on any atom is -0.494 e. The first-order valence-electron chi connectivity index (χ1n) is 6.09. The van der Waals surface area contributed by atoms with Crippen molar-refractivity contribution in [2.75, 3.05) is 6.61 Å². The van der Waals surface area contributed by atoms with E-state index in [4.69, 9.17) is 4.74 Å². The van der Waals surface area contributed by atoms with Crippen molar-refractivity contribution in [1.29, 1.82) is 0 Å². The summed E-state index contributed by atoms with van der Waals surface area (Å²) in [5, 5.41) is 0. The fourth-order valence-corrected chi connectivity index (χ4v) is 3.04. The number of benzene rings is 1. The molecular formula is C14H19BrO. The van der Waals surface area contributed by atoms with E-state index in [1.807, 2.05) is 6.92 Å². The largest absolute Gasteiger partial charge is 0.494 e. The van der Waals surface area contributed by atoms with Crippen molar-refractivity contribution in [3.05, 3.63) is 29.3 Å². The first-order chi connectivity index (χ1) is 7.72. The van der Waals surface area contributed by atoms with E-state index in [-0.39, 0.29) is 0 Å². The van der Waals surface area contributed by atoms with Gasteiger partial charge in [0.25, 0.3) is 0 Å². The van der Waals surface area contributed by atoms with Gasteiger partial charge in [0.15, 0.2) is 0 Å². The van der Waals surface area contributed by atoms with E-state index in [0.717, 1.165) is 18.3 Å².